The summed E-state index contributed by atoms with van der Waals surface area (Å²) in [5.41, 5.74) is 0.760. The number of alkyl halides is 2. The average molecular weight is 382 g/mol. The molecule has 0 bridgehead atoms. The van der Waals surface area contributed by atoms with Crippen LogP contribution in [0.25, 0.3) is 0 Å². The van der Waals surface area contributed by atoms with Gasteiger partial charge in [0.15, 0.2) is 23.1 Å². The van der Waals surface area contributed by atoms with Gasteiger partial charge in [-0.15, -0.1) is 0 Å². The fourth-order valence-electron chi connectivity index (χ4n) is 3.19. The third-order valence-corrected chi connectivity index (χ3v) is 4.54. The molecule has 27 heavy (non-hydrogen) atoms. The van der Waals surface area contributed by atoms with Crippen molar-refractivity contribution in [3.05, 3.63) is 59.7 Å². The van der Waals surface area contributed by atoms with Crippen molar-refractivity contribution in [3.8, 4) is 11.5 Å². The molecule has 3 rings (SSSR count). The van der Waals surface area contributed by atoms with Gasteiger partial charge in [-0.3, -0.25) is 9.80 Å². The molecule has 1 aliphatic rings. The zero-order chi connectivity index (χ0) is 19.2. The number of rotatable bonds is 6. The Labute approximate surface area is 156 Å². The number of hydrogen-bond donors (Lipinski definition) is 0. The predicted octanol–water partition coefficient (Wildman–Crippen LogP) is 4.53. The zero-order valence-corrected chi connectivity index (χ0v) is 14.9. The van der Waals surface area contributed by atoms with Crippen molar-refractivity contribution >= 4 is 0 Å². The van der Waals surface area contributed by atoms with Crippen LogP contribution < -0.4 is 4.74 Å². The van der Waals surface area contributed by atoms with Crippen LogP contribution in [0, 0.1) is 11.6 Å². The van der Waals surface area contributed by atoms with Crippen molar-refractivity contribution in [2.24, 2.45) is 0 Å². The van der Waals surface area contributed by atoms with Gasteiger partial charge in [0.1, 0.15) is 0 Å². The van der Waals surface area contributed by atoms with Crippen molar-refractivity contribution in [1.82, 2.24) is 9.80 Å². The predicted molar refractivity (Wildman–Crippen MR) is 95.2 cm³/mol. The average Bonchev–Trinajstić information content (AvgIpc) is 2.84. The van der Waals surface area contributed by atoms with E-state index in [9.17, 15) is 17.6 Å². The highest BCUT2D eigenvalue weighted by atomic mass is 19.3. The highest BCUT2D eigenvalue weighted by molar-refractivity contribution is 5.35. The molecule has 0 amide bonds. The largest absolute Gasteiger partial charge is 0.451 e. The first kappa shape index (κ1) is 19.6. The molecule has 0 radical (unpaired) electrons. The normalized spacial score (nSPS) is 16.5. The Kier molecular flexibility index (Phi) is 6.68. The molecular formula is C20H22F4N2O. The standard InChI is InChI=1S/C20H22F4N2O/c21-16-4-1-2-5-18(16)27-19-7-6-15(12-17(19)22)13-25-8-3-9-26(11-10-25)14-20(23)24/h1-2,4-7,12,20H,3,8-11,13-14H2. The van der Waals surface area contributed by atoms with Crippen molar-refractivity contribution in [2.45, 2.75) is 19.4 Å². The first-order valence-electron chi connectivity index (χ1n) is 8.95. The van der Waals surface area contributed by atoms with Crippen molar-refractivity contribution in [3.63, 3.8) is 0 Å². The number of halogens is 4. The third-order valence-electron chi connectivity index (χ3n) is 4.54. The molecule has 0 aliphatic carbocycles. The second-order valence-corrected chi connectivity index (χ2v) is 6.62. The molecule has 0 unspecified atom stereocenters. The molecule has 146 valence electrons. The van der Waals surface area contributed by atoms with E-state index in [0.717, 1.165) is 18.5 Å². The van der Waals surface area contributed by atoms with Gasteiger partial charge < -0.3 is 4.74 Å². The fraction of sp³-hybridized carbons (Fsp3) is 0.400. The maximum Gasteiger partial charge on any atom is 0.251 e. The summed E-state index contributed by atoms with van der Waals surface area (Å²) in [5.74, 6) is -1.19. The van der Waals surface area contributed by atoms with E-state index < -0.39 is 18.1 Å². The summed E-state index contributed by atoms with van der Waals surface area (Å²) in [4.78, 5) is 3.88. The third kappa shape index (κ3) is 5.68. The van der Waals surface area contributed by atoms with E-state index in [1.807, 2.05) is 0 Å². The molecule has 1 fully saturated rings. The summed E-state index contributed by atoms with van der Waals surface area (Å²) in [7, 11) is 0. The minimum absolute atomic E-state index is 0.0317. The first-order valence-corrected chi connectivity index (χ1v) is 8.95. The number of ether oxygens (including phenoxy) is 1. The molecule has 1 saturated heterocycles. The number of hydrogen-bond acceptors (Lipinski definition) is 3. The van der Waals surface area contributed by atoms with Crippen LogP contribution >= 0.6 is 0 Å². The minimum Gasteiger partial charge on any atom is -0.451 e. The Hall–Kier alpha value is -2.12. The lowest BCUT2D eigenvalue weighted by Gasteiger charge is -2.21. The lowest BCUT2D eigenvalue weighted by atomic mass is 10.2. The summed E-state index contributed by atoms with van der Waals surface area (Å²) in [6.07, 6.45) is -1.53. The van der Waals surface area contributed by atoms with Crippen LogP contribution in [0.2, 0.25) is 0 Å². The van der Waals surface area contributed by atoms with E-state index in [0.29, 0.717) is 26.2 Å². The lowest BCUT2D eigenvalue weighted by Crippen LogP contribution is -2.33. The monoisotopic (exact) mass is 382 g/mol. The molecule has 0 saturated carbocycles. The SMILES string of the molecule is Fc1ccccc1Oc1ccc(CN2CCCN(CC(F)F)CC2)cc1F. The second kappa shape index (κ2) is 9.19. The van der Waals surface area contributed by atoms with Crippen LogP contribution in [0.15, 0.2) is 42.5 Å². The molecule has 3 nitrogen and oxygen atoms in total. The number of para-hydroxylation sites is 1. The van der Waals surface area contributed by atoms with Gasteiger partial charge in [-0.25, -0.2) is 17.6 Å². The van der Waals surface area contributed by atoms with E-state index in [2.05, 4.69) is 4.90 Å². The van der Waals surface area contributed by atoms with Gasteiger partial charge >= 0.3 is 0 Å². The van der Waals surface area contributed by atoms with Crippen LogP contribution in [-0.4, -0.2) is 48.9 Å². The van der Waals surface area contributed by atoms with Gasteiger partial charge in [0.25, 0.3) is 6.43 Å². The zero-order valence-electron chi connectivity index (χ0n) is 14.9. The van der Waals surface area contributed by atoms with Crippen molar-refractivity contribution in [2.75, 3.05) is 32.7 Å². The van der Waals surface area contributed by atoms with Crippen LogP contribution in [-0.2, 0) is 6.54 Å². The van der Waals surface area contributed by atoms with Crippen LogP contribution in [0.5, 0.6) is 11.5 Å². The van der Waals surface area contributed by atoms with E-state index in [4.69, 9.17) is 4.74 Å². The molecule has 2 aromatic carbocycles. The molecule has 0 atom stereocenters. The summed E-state index contributed by atoms with van der Waals surface area (Å²) in [5, 5.41) is 0. The van der Waals surface area contributed by atoms with Gasteiger partial charge in [-0.05, 0) is 49.3 Å². The summed E-state index contributed by atoms with van der Waals surface area (Å²) in [6.45, 7) is 2.96. The van der Waals surface area contributed by atoms with Crippen molar-refractivity contribution in [1.29, 1.82) is 0 Å². The summed E-state index contributed by atoms with van der Waals surface area (Å²) in [6, 6.07) is 10.4. The maximum atomic E-state index is 14.3. The van der Waals surface area contributed by atoms with E-state index >= 15 is 0 Å². The Balaban J connectivity index is 1.60. The van der Waals surface area contributed by atoms with Gasteiger partial charge in [0, 0.05) is 19.6 Å². The minimum atomic E-state index is -2.33. The molecule has 0 N–H and O–H groups in total. The molecular weight excluding hydrogens is 360 g/mol. The van der Waals surface area contributed by atoms with Gasteiger partial charge in [-0.2, -0.15) is 0 Å². The molecule has 7 heteroatoms. The number of nitrogens with zero attached hydrogens (tertiary/aromatic N) is 2. The summed E-state index contributed by atoms with van der Waals surface area (Å²) < 4.78 is 58.4. The topological polar surface area (TPSA) is 15.7 Å². The Bertz CT molecular complexity index is 757. The molecule has 1 heterocycles. The van der Waals surface area contributed by atoms with Crippen LogP contribution in [0.1, 0.15) is 12.0 Å². The van der Waals surface area contributed by atoms with E-state index in [1.54, 1.807) is 17.0 Å². The van der Waals surface area contributed by atoms with Gasteiger partial charge in [-0.1, -0.05) is 18.2 Å². The Morgan fingerprint density at radius 1 is 0.852 bits per heavy atom. The van der Waals surface area contributed by atoms with Crippen LogP contribution in [0.3, 0.4) is 0 Å². The highest BCUT2D eigenvalue weighted by Crippen LogP contribution is 2.27. The lowest BCUT2D eigenvalue weighted by molar-refractivity contribution is 0.0897. The maximum absolute atomic E-state index is 14.3. The molecule has 2 aromatic rings. The Morgan fingerprint density at radius 3 is 2.30 bits per heavy atom. The molecule has 0 spiro atoms. The fourth-order valence-corrected chi connectivity index (χ4v) is 3.19. The highest BCUT2D eigenvalue weighted by Gasteiger charge is 2.18. The van der Waals surface area contributed by atoms with Crippen LogP contribution in [0.4, 0.5) is 17.6 Å². The van der Waals surface area contributed by atoms with Gasteiger partial charge in [0.05, 0.1) is 6.54 Å². The van der Waals surface area contributed by atoms with E-state index in [1.165, 1.54) is 30.3 Å². The first-order chi connectivity index (χ1) is 13.0. The quantitative estimate of drug-likeness (QED) is 0.683. The summed E-state index contributed by atoms with van der Waals surface area (Å²) >= 11 is 0. The van der Waals surface area contributed by atoms with Gasteiger partial charge in [0.2, 0.25) is 0 Å². The molecule has 0 aromatic heterocycles. The van der Waals surface area contributed by atoms with Crippen molar-refractivity contribution < 1.29 is 22.3 Å². The smallest absolute Gasteiger partial charge is 0.251 e. The number of benzene rings is 2. The second-order valence-electron chi connectivity index (χ2n) is 6.62. The molecule has 1 aliphatic heterocycles. The Morgan fingerprint density at radius 2 is 1.56 bits per heavy atom. The van der Waals surface area contributed by atoms with E-state index in [-0.39, 0.29) is 18.0 Å².